The summed E-state index contributed by atoms with van der Waals surface area (Å²) in [4.78, 5) is 14.3. The SMILES string of the molecule is CN1C=CN(CCCCS(=O)(=O)OC(=O)C(F)(F)F)C1. The van der Waals surface area contributed by atoms with Crippen LogP contribution < -0.4 is 0 Å². The highest BCUT2D eigenvalue weighted by molar-refractivity contribution is 7.87. The van der Waals surface area contributed by atoms with Gasteiger partial charge < -0.3 is 14.0 Å². The van der Waals surface area contributed by atoms with Gasteiger partial charge in [0.1, 0.15) is 0 Å². The van der Waals surface area contributed by atoms with Crippen LogP contribution in [0.3, 0.4) is 0 Å². The Bertz CT molecular complexity index is 475. The fraction of sp³-hybridized carbons (Fsp3) is 0.700. The fourth-order valence-corrected chi connectivity index (χ4v) is 2.50. The molecule has 0 unspecified atom stereocenters. The highest BCUT2D eigenvalue weighted by Crippen LogP contribution is 2.18. The summed E-state index contributed by atoms with van der Waals surface area (Å²) in [5.74, 6) is -3.33. The third-order valence-corrected chi connectivity index (χ3v) is 3.65. The smallest absolute Gasteiger partial charge is 0.362 e. The van der Waals surface area contributed by atoms with Crippen molar-refractivity contribution >= 4 is 16.1 Å². The molecule has 0 amide bonds. The Morgan fingerprint density at radius 3 is 2.45 bits per heavy atom. The second kappa shape index (κ2) is 6.33. The molecule has 0 fully saturated rings. The zero-order chi connectivity index (χ0) is 15.4. The molecule has 0 aromatic carbocycles. The van der Waals surface area contributed by atoms with Crippen molar-refractivity contribution in [1.82, 2.24) is 9.80 Å². The number of nitrogens with zero attached hydrogens (tertiary/aromatic N) is 2. The number of carbonyl (C=O) groups is 1. The molecular weight excluding hydrogens is 301 g/mol. The number of rotatable bonds is 6. The van der Waals surface area contributed by atoms with Gasteiger partial charge in [-0.3, -0.25) is 0 Å². The third-order valence-electron chi connectivity index (χ3n) is 2.46. The fourth-order valence-electron chi connectivity index (χ4n) is 1.53. The lowest BCUT2D eigenvalue weighted by Crippen LogP contribution is -2.29. The van der Waals surface area contributed by atoms with E-state index < -0.39 is 28.0 Å². The number of carbonyl (C=O) groups excluding carboxylic acids is 1. The molecule has 0 radical (unpaired) electrons. The van der Waals surface area contributed by atoms with E-state index in [1.807, 2.05) is 29.2 Å². The minimum atomic E-state index is -5.31. The minimum absolute atomic E-state index is 0.113. The van der Waals surface area contributed by atoms with Crippen LogP contribution in [0.5, 0.6) is 0 Å². The molecule has 116 valence electrons. The predicted octanol–water partition coefficient (Wildman–Crippen LogP) is 0.878. The number of halogens is 3. The second-order valence-electron chi connectivity index (χ2n) is 4.35. The first-order valence-corrected chi connectivity index (χ1v) is 7.34. The maximum absolute atomic E-state index is 11.9. The molecule has 1 aliphatic rings. The Labute approximate surface area is 114 Å². The standard InChI is InChI=1S/C10H15F3N2O4S/c1-14-5-6-15(8-14)4-2-3-7-20(17,18)19-9(16)10(11,12)13/h5-6H,2-4,7-8H2,1H3. The zero-order valence-electron chi connectivity index (χ0n) is 10.8. The van der Waals surface area contributed by atoms with Crippen LogP contribution in [0.4, 0.5) is 13.2 Å². The first kappa shape index (κ1) is 16.6. The minimum Gasteiger partial charge on any atom is -0.362 e. The molecule has 0 bridgehead atoms. The summed E-state index contributed by atoms with van der Waals surface area (Å²) in [6, 6.07) is 0. The highest BCUT2D eigenvalue weighted by Gasteiger charge is 2.43. The van der Waals surface area contributed by atoms with Crippen molar-refractivity contribution in [2.24, 2.45) is 0 Å². The van der Waals surface area contributed by atoms with Gasteiger partial charge in [-0.15, -0.1) is 0 Å². The summed E-state index contributed by atoms with van der Waals surface area (Å²) in [7, 11) is -2.61. The topological polar surface area (TPSA) is 66.9 Å². The molecule has 1 aliphatic heterocycles. The van der Waals surface area contributed by atoms with E-state index in [2.05, 4.69) is 4.18 Å². The molecule has 0 saturated carbocycles. The molecule has 1 rings (SSSR count). The first-order chi connectivity index (χ1) is 9.10. The van der Waals surface area contributed by atoms with Crippen molar-refractivity contribution < 1.29 is 30.6 Å². The van der Waals surface area contributed by atoms with Crippen molar-refractivity contribution in [2.45, 2.75) is 19.0 Å². The molecule has 0 N–H and O–H groups in total. The number of alkyl halides is 3. The lowest BCUT2D eigenvalue weighted by Gasteiger charge is -2.17. The van der Waals surface area contributed by atoms with Gasteiger partial charge in [-0.1, -0.05) is 0 Å². The molecule has 6 nitrogen and oxygen atoms in total. The summed E-state index contributed by atoms with van der Waals surface area (Å²) < 4.78 is 61.3. The highest BCUT2D eigenvalue weighted by atomic mass is 32.2. The third kappa shape index (κ3) is 5.68. The van der Waals surface area contributed by atoms with E-state index >= 15 is 0 Å². The zero-order valence-corrected chi connectivity index (χ0v) is 11.6. The maximum Gasteiger partial charge on any atom is 0.492 e. The normalized spacial score (nSPS) is 15.8. The van der Waals surface area contributed by atoms with E-state index in [9.17, 15) is 26.4 Å². The van der Waals surface area contributed by atoms with Gasteiger partial charge in [0.15, 0.2) is 0 Å². The summed E-state index contributed by atoms with van der Waals surface area (Å²) in [6.45, 7) is 1.25. The van der Waals surface area contributed by atoms with Crippen molar-refractivity contribution in [3.63, 3.8) is 0 Å². The van der Waals surface area contributed by atoms with Crippen LogP contribution in [0, 0.1) is 0 Å². The summed E-state index contributed by atoms with van der Waals surface area (Å²) in [5, 5.41) is 0. The molecule has 0 aromatic rings. The average molecular weight is 316 g/mol. The molecule has 0 aromatic heterocycles. The van der Waals surface area contributed by atoms with Crippen LogP contribution in [0.25, 0.3) is 0 Å². The Morgan fingerprint density at radius 1 is 1.30 bits per heavy atom. The van der Waals surface area contributed by atoms with Gasteiger partial charge in [-0.2, -0.15) is 21.6 Å². The Balaban J connectivity index is 2.27. The van der Waals surface area contributed by atoms with E-state index in [1.165, 1.54) is 0 Å². The van der Waals surface area contributed by atoms with Gasteiger partial charge in [0.05, 0.1) is 12.4 Å². The molecular formula is C10H15F3N2O4S. The first-order valence-electron chi connectivity index (χ1n) is 5.76. The average Bonchev–Trinajstić information content (AvgIpc) is 2.69. The van der Waals surface area contributed by atoms with Crippen molar-refractivity contribution in [1.29, 1.82) is 0 Å². The van der Waals surface area contributed by atoms with Gasteiger partial charge in [0.25, 0.3) is 0 Å². The van der Waals surface area contributed by atoms with Gasteiger partial charge in [0, 0.05) is 26.0 Å². The lowest BCUT2D eigenvalue weighted by molar-refractivity contribution is -0.189. The van der Waals surface area contributed by atoms with Crippen molar-refractivity contribution in [3.05, 3.63) is 12.4 Å². The lowest BCUT2D eigenvalue weighted by atomic mass is 10.3. The van der Waals surface area contributed by atoms with E-state index in [1.54, 1.807) is 0 Å². The van der Waals surface area contributed by atoms with Crippen LogP contribution in [-0.4, -0.2) is 56.4 Å². The van der Waals surface area contributed by atoms with Crippen molar-refractivity contribution in [3.8, 4) is 0 Å². The van der Waals surface area contributed by atoms with E-state index in [4.69, 9.17) is 0 Å². The summed E-state index contributed by atoms with van der Waals surface area (Å²) in [6.07, 6.45) is -1.06. The Morgan fingerprint density at radius 2 is 1.95 bits per heavy atom. The van der Waals surface area contributed by atoms with E-state index in [0.717, 1.165) is 0 Å². The number of hydrogen-bond acceptors (Lipinski definition) is 6. The van der Waals surface area contributed by atoms with Crippen molar-refractivity contribution in [2.75, 3.05) is 26.0 Å². The van der Waals surface area contributed by atoms with Crippen LogP contribution in [0.15, 0.2) is 12.4 Å². The summed E-state index contributed by atoms with van der Waals surface area (Å²) >= 11 is 0. The molecule has 0 aliphatic carbocycles. The van der Waals surface area contributed by atoms with Gasteiger partial charge in [-0.05, 0) is 12.8 Å². The predicted molar refractivity (Wildman–Crippen MR) is 63.6 cm³/mol. The maximum atomic E-state index is 11.9. The Kier molecular flexibility index (Phi) is 5.26. The van der Waals surface area contributed by atoms with Gasteiger partial charge >= 0.3 is 22.3 Å². The molecule has 10 heteroatoms. The van der Waals surface area contributed by atoms with Crippen LogP contribution in [0.1, 0.15) is 12.8 Å². The molecule has 0 saturated heterocycles. The summed E-state index contributed by atoms with van der Waals surface area (Å²) in [5.41, 5.74) is 0. The van der Waals surface area contributed by atoms with Crippen LogP contribution in [-0.2, 0) is 19.1 Å². The number of unbranched alkanes of at least 4 members (excludes halogenated alkanes) is 1. The quantitative estimate of drug-likeness (QED) is 0.535. The van der Waals surface area contributed by atoms with Gasteiger partial charge in [-0.25, -0.2) is 4.79 Å². The molecule has 20 heavy (non-hydrogen) atoms. The largest absolute Gasteiger partial charge is 0.492 e. The van der Waals surface area contributed by atoms with Crippen LogP contribution in [0.2, 0.25) is 0 Å². The molecule has 0 atom stereocenters. The van der Waals surface area contributed by atoms with E-state index in [0.29, 0.717) is 19.6 Å². The molecule has 1 heterocycles. The monoisotopic (exact) mass is 316 g/mol. The van der Waals surface area contributed by atoms with Gasteiger partial charge in [0.2, 0.25) is 0 Å². The van der Waals surface area contributed by atoms with Crippen LogP contribution >= 0.6 is 0 Å². The number of hydrogen-bond donors (Lipinski definition) is 0. The second-order valence-corrected chi connectivity index (χ2v) is 6.04. The van der Waals surface area contributed by atoms with E-state index in [-0.39, 0.29) is 6.42 Å². The molecule has 0 spiro atoms. The Hall–Kier alpha value is -1.45.